The van der Waals surface area contributed by atoms with E-state index >= 15 is 0 Å². The number of alkyl halides is 2. The molecule has 186 valence electrons. The molecule has 35 heavy (non-hydrogen) atoms. The van der Waals surface area contributed by atoms with Gasteiger partial charge in [0.1, 0.15) is 11.7 Å². The molecule has 1 atom stereocenters. The Kier molecular flexibility index (Phi) is 8.94. The molecule has 0 amide bonds. The van der Waals surface area contributed by atoms with Crippen molar-refractivity contribution in [3.8, 4) is 5.75 Å². The van der Waals surface area contributed by atoms with Gasteiger partial charge < -0.3 is 14.8 Å². The Labute approximate surface area is 202 Å². The van der Waals surface area contributed by atoms with Crippen molar-refractivity contribution in [3.05, 3.63) is 98.5 Å². The molecule has 0 bridgehead atoms. The Morgan fingerprint density at radius 2 is 1.71 bits per heavy atom. The van der Waals surface area contributed by atoms with Gasteiger partial charge >= 0.3 is 12.6 Å². The molecule has 0 radical (unpaired) electrons. The van der Waals surface area contributed by atoms with Crippen LogP contribution in [0.25, 0.3) is 0 Å². The Hall–Kier alpha value is -3.75. The van der Waals surface area contributed by atoms with Crippen LogP contribution in [-0.4, -0.2) is 24.1 Å². The van der Waals surface area contributed by atoms with Gasteiger partial charge in [-0.05, 0) is 51.2 Å². The first-order chi connectivity index (χ1) is 16.8. The lowest BCUT2D eigenvalue weighted by Gasteiger charge is -2.27. The molecule has 1 aliphatic rings. The Bertz CT molecular complexity index is 1120. The summed E-state index contributed by atoms with van der Waals surface area (Å²) in [5, 5.41) is 14.8. The number of benzene rings is 2. The third kappa shape index (κ3) is 6.65. The minimum atomic E-state index is -3.13. The second kappa shape index (κ2) is 12.1. The highest BCUT2D eigenvalue weighted by Crippen LogP contribution is 2.42. The van der Waals surface area contributed by atoms with E-state index in [1.54, 1.807) is 13.0 Å². The number of hydrogen-bond acceptors (Lipinski definition) is 6. The third-order valence-electron chi connectivity index (χ3n) is 5.77. The largest absolute Gasteiger partial charge is 0.462 e. The molecular formula is C26H28F2N2O5. The zero-order valence-corrected chi connectivity index (χ0v) is 19.6. The van der Waals surface area contributed by atoms with Crippen molar-refractivity contribution < 1.29 is 28.0 Å². The van der Waals surface area contributed by atoms with Gasteiger partial charge in [0.05, 0.1) is 22.8 Å². The zero-order chi connectivity index (χ0) is 25.4. The van der Waals surface area contributed by atoms with Gasteiger partial charge in [0.25, 0.3) is 5.70 Å². The fourth-order valence-corrected chi connectivity index (χ4v) is 4.22. The van der Waals surface area contributed by atoms with Gasteiger partial charge in [0, 0.05) is 11.3 Å². The number of nitrogens with zero attached hydrogens (tertiary/aromatic N) is 1. The number of carbonyl (C=O) groups is 1. The average molecular weight is 487 g/mol. The number of para-hydroxylation sites is 1. The van der Waals surface area contributed by atoms with Gasteiger partial charge in [0.15, 0.2) is 0 Å². The minimum absolute atomic E-state index is 0.00287. The summed E-state index contributed by atoms with van der Waals surface area (Å²) in [5.41, 5.74) is 1.57. The molecule has 1 unspecified atom stereocenters. The molecule has 1 aliphatic heterocycles. The molecule has 2 aromatic carbocycles. The number of esters is 1. The van der Waals surface area contributed by atoms with Crippen molar-refractivity contribution in [2.24, 2.45) is 0 Å². The second-order valence-electron chi connectivity index (χ2n) is 8.21. The molecule has 1 heterocycles. The number of nitro groups is 1. The predicted octanol–water partition coefficient (Wildman–Crippen LogP) is 5.71. The maximum absolute atomic E-state index is 13.1. The number of nitrogens with one attached hydrogen (secondary N) is 1. The van der Waals surface area contributed by atoms with Crippen molar-refractivity contribution in [1.29, 1.82) is 0 Å². The third-order valence-corrected chi connectivity index (χ3v) is 5.77. The molecule has 2 aromatic rings. The summed E-state index contributed by atoms with van der Waals surface area (Å²) in [7, 11) is 0. The molecule has 7 nitrogen and oxygen atoms in total. The highest BCUT2D eigenvalue weighted by Gasteiger charge is 2.42. The number of rotatable bonds is 11. The average Bonchev–Trinajstić information content (AvgIpc) is 2.81. The molecule has 0 saturated heterocycles. The van der Waals surface area contributed by atoms with Gasteiger partial charge in [-0.1, -0.05) is 48.5 Å². The summed E-state index contributed by atoms with van der Waals surface area (Å²) >= 11 is 0. The fourth-order valence-electron chi connectivity index (χ4n) is 4.22. The number of unbranched alkanes of at least 4 members (excludes halogenated alkanes) is 2. The number of ether oxygens (including phenoxy) is 2. The van der Waals surface area contributed by atoms with Crippen LogP contribution in [0.1, 0.15) is 50.2 Å². The summed E-state index contributed by atoms with van der Waals surface area (Å²) in [6.45, 7) is 0.113. The van der Waals surface area contributed by atoms with Crippen LogP contribution in [-0.2, 0) is 16.0 Å². The summed E-state index contributed by atoms with van der Waals surface area (Å²) in [5.74, 6) is -2.20. The van der Waals surface area contributed by atoms with Crippen LogP contribution in [0.3, 0.4) is 0 Å². The van der Waals surface area contributed by atoms with E-state index in [1.165, 1.54) is 30.7 Å². The van der Waals surface area contributed by atoms with E-state index in [-0.39, 0.29) is 34.9 Å². The predicted molar refractivity (Wildman–Crippen MR) is 126 cm³/mol. The SMILES string of the molecule is CC1=C(C(=O)OCCCCCc2ccccc2)C(c2ccccc2OC(F)F)C([N+](=O)[O-])=C(C)N1. The smallest absolute Gasteiger partial charge is 0.387 e. The van der Waals surface area contributed by atoms with Gasteiger partial charge in [-0.15, -0.1) is 0 Å². The first-order valence-electron chi connectivity index (χ1n) is 11.4. The van der Waals surface area contributed by atoms with Crippen LogP contribution >= 0.6 is 0 Å². The number of halogens is 2. The van der Waals surface area contributed by atoms with Crippen LogP contribution in [0, 0.1) is 10.1 Å². The summed E-state index contributed by atoms with van der Waals surface area (Å²) in [6, 6.07) is 15.8. The van der Waals surface area contributed by atoms with Crippen LogP contribution in [0.15, 0.2) is 77.3 Å². The first kappa shape index (κ1) is 25.9. The van der Waals surface area contributed by atoms with Crippen LogP contribution in [0.5, 0.6) is 5.75 Å². The summed E-state index contributed by atoms with van der Waals surface area (Å²) in [4.78, 5) is 24.4. The lowest BCUT2D eigenvalue weighted by molar-refractivity contribution is -0.431. The van der Waals surface area contributed by atoms with E-state index in [4.69, 9.17) is 4.74 Å². The number of hydrogen-bond donors (Lipinski definition) is 1. The number of aryl methyl sites for hydroxylation is 1. The standard InChI is InChI=1S/C26H28F2N2O5/c1-17-22(25(31)34-16-10-4-7-13-19-11-5-3-6-12-19)23(24(30(32)33)18(2)29-17)20-14-8-9-15-21(20)35-26(27)28/h3,5-6,8-9,11-12,14-15,23,26,29H,4,7,10,13,16H2,1-2H3. The Morgan fingerprint density at radius 1 is 1.03 bits per heavy atom. The fraction of sp³-hybridized carbons (Fsp3) is 0.346. The lowest BCUT2D eigenvalue weighted by atomic mass is 9.83. The van der Waals surface area contributed by atoms with Crippen LogP contribution in [0.2, 0.25) is 0 Å². The van der Waals surface area contributed by atoms with Crippen molar-refractivity contribution in [2.75, 3.05) is 6.61 Å². The van der Waals surface area contributed by atoms with E-state index in [0.717, 1.165) is 19.3 Å². The van der Waals surface area contributed by atoms with E-state index in [1.807, 2.05) is 18.2 Å². The molecule has 0 aromatic heterocycles. The van der Waals surface area contributed by atoms with Crippen LogP contribution in [0.4, 0.5) is 8.78 Å². The molecule has 0 spiro atoms. The molecule has 1 N–H and O–H groups in total. The Balaban J connectivity index is 1.75. The number of dihydropyridines is 1. The molecule has 0 saturated carbocycles. The van der Waals surface area contributed by atoms with E-state index in [9.17, 15) is 23.7 Å². The maximum Gasteiger partial charge on any atom is 0.387 e. The van der Waals surface area contributed by atoms with Gasteiger partial charge in [-0.3, -0.25) is 10.1 Å². The molecule has 0 aliphatic carbocycles. The minimum Gasteiger partial charge on any atom is -0.462 e. The quantitative estimate of drug-likeness (QED) is 0.189. The van der Waals surface area contributed by atoms with Crippen molar-refractivity contribution in [2.45, 2.75) is 52.1 Å². The summed E-state index contributed by atoms with van der Waals surface area (Å²) in [6.07, 6.45) is 3.32. The number of allylic oxidation sites excluding steroid dienone is 3. The second-order valence-corrected chi connectivity index (χ2v) is 8.21. The van der Waals surface area contributed by atoms with Gasteiger partial charge in [0.2, 0.25) is 0 Å². The molecule has 9 heteroatoms. The first-order valence-corrected chi connectivity index (χ1v) is 11.4. The van der Waals surface area contributed by atoms with E-state index in [2.05, 4.69) is 22.2 Å². The molecule has 3 rings (SSSR count). The van der Waals surface area contributed by atoms with Gasteiger partial charge in [-0.25, -0.2) is 4.79 Å². The molecular weight excluding hydrogens is 458 g/mol. The number of carbonyl (C=O) groups excluding carboxylic acids is 1. The monoisotopic (exact) mass is 486 g/mol. The Morgan fingerprint density at radius 3 is 2.40 bits per heavy atom. The van der Waals surface area contributed by atoms with Gasteiger partial charge in [-0.2, -0.15) is 8.78 Å². The van der Waals surface area contributed by atoms with Crippen molar-refractivity contribution in [1.82, 2.24) is 5.32 Å². The zero-order valence-electron chi connectivity index (χ0n) is 19.6. The highest BCUT2D eigenvalue weighted by atomic mass is 19.3. The normalized spacial score (nSPS) is 15.7. The topological polar surface area (TPSA) is 90.7 Å². The van der Waals surface area contributed by atoms with E-state index < -0.39 is 23.4 Å². The van der Waals surface area contributed by atoms with Crippen molar-refractivity contribution >= 4 is 5.97 Å². The molecule has 0 fully saturated rings. The summed E-state index contributed by atoms with van der Waals surface area (Å²) < 4.78 is 36.1. The van der Waals surface area contributed by atoms with Crippen molar-refractivity contribution in [3.63, 3.8) is 0 Å². The maximum atomic E-state index is 13.1. The van der Waals surface area contributed by atoms with Crippen LogP contribution < -0.4 is 10.1 Å². The lowest BCUT2D eigenvalue weighted by Crippen LogP contribution is -2.32. The highest BCUT2D eigenvalue weighted by molar-refractivity contribution is 5.92. The van der Waals surface area contributed by atoms with E-state index in [0.29, 0.717) is 12.1 Å².